The molecule has 0 saturated carbocycles. The summed E-state index contributed by atoms with van der Waals surface area (Å²) in [6.45, 7) is 10.6. The van der Waals surface area contributed by atoms with Crippen molar-refractivity contribution in [2.75, 3.05) is 0 Å². The van der Waals surface area contributed by atoms with Gasteiger partial charge in [-0.25, -0.2) is 14.1 Å². The molecular formula is C20H27FN2O4S2. The smallest absolute Gasteiger partial charge is 0.291 e. The van der Waals surface area contributed by atoms with Crippen molar-refractivity contribution in [2.45, 2.75) is 69.7 Å². The minimum atomic E-state index is -4.19. The predicted molar refractivity (Wildman–Crippen MR) is 111 cm³/mol. The van der Waals surface area contributed by atoms with E-state index in [2.05, 4.69) is 4.98 Å². The van der Waals surface area contributed by atoms with Crippen LogP contribution in [0.25, 0.3) is 0 Å². The number of halogens is 1. The Hall–Kier alpha value is -1.84. The Morgan fingerprint density at radius 1 is 1.24 bits per heavy atom. The van der Waals surface area contributed by atoms with E-state index in [-0.39, 0.29) is 22.6 Å². The third-order valence-corrected chi connectivity index (χ3v) is 7.52. The van der Waals surface area contributed by atoms with E-state index in [4.69, 9.17) is 0 Å². The van der Waals surface area contributed by atoms with Crippen LogP contribution in [0.3, 0.4) is 0 Å². The molecule has 6 nitrogen and oxygen atoms in total. The fourth-order valence-electron chi connectivity index (χ4n) is 3.07. The first-order valence-corrected chi connectivity index (χ1v) is 11.6. The van der Waals surface area contributed by atoms with Crippen LogP contribution in [-0.4, -0.2) is 24.4 Å². The van der Waals surface area contributed by atoms with Gasteiger partial charge in [0.25, 0.3) is 10.0 Å². The minimum Gasteiger partial charge on any atom is -0.385 e. The Morgan fingerprint density at radius 2 is 1.86 bits per heavy atom. The lowest BCUT2D eigenvalue weighted by Gasteiger charge is -2.20. The zero-order valence-electron chi connectivity index (χ0n) is 17.4. The van der Waals surface area contributed by atoms with Crippen LogP contribution in [0.5, 0.6) is 0 Å². The second-order valence-electron chi connectivity index (χ2n) is 8.09. The van der Waals surface area contributed by atoms with Crippen LogP contribution in [0.15, 0.2) is 22.7 Å². The summed E-state index contributed by atoms with van der Waals surface area (Å²) in [6.07, 6.45) is 1.01. The molecule has 0 fully saturated rings. The molecule has 0 radical (unpaired) electrons. The fourth-order valence-corrected chi connectivity index (χ4v) is 5.20. The highest BCUT2D eigenvalue weighted by molar-refractivity contribution is 7.92. The van der Waals surface area contributed by atoms with E-state index in [0.29, 0.717) is 16.0 Å². The lowest BCUT2D eigenvalue weighted by Crippen LogP contribution is -2.32. The van der Waals surface area contributed by atoms with Crippen molar-refractivity contribution in [3.8, 4) is 0 Å². The second kappa shape index (κ2) is 8.49. The maximum Gasteiger partial charge on any atom is 0.291 e. The number of hydrogen-bond donors (Lipinski definition) is 2. The van der Waals surface area contributed by atoms with E-state index in [1.54, 1.807) is 6.07 Å². The summed E-state index contributed by atoms with van der Waals surface area (Å²) in [7, 11) is -4.19. The monoisotopic (exact) mass is 442 g/mol. The summed E-state index contributed by atoms with van der Waals surface area (Å²) in [5, 5.41) is 9.99. The van der Waals surface area contributed by atoms with Gasteiger partial charge in [0.1, 0.15) is 5.82 Å². The Morgan fingerprint density at radius 3 is 2.34 bits per heavy atom. The molecule has 1 aromatic heterocycles. The molecule has 0 saturated heterocycles. The number of aliphatic hydroxyl groups is 1. The number of carbonyl (C=O) groups is 1. The number of rotatable bonds is 7. The number of carbonyl (C=O) groups excluding carboxylic acids is 1. The van der Waals surface area contributed by atoms with E-state index >= 15 is 0 Å². The standard InChI is InChI=1S/C20H27FN2O4S2/c1-11(2)13-7-8-15(21)18(12(3)4)14(13)9-17(24)23-29(26,27)19-22-10-16(28-19)20(5,6)25/h7-8,10-12,25H,9H2,1-6H3,(H,23,24). The van der Waals surface area contributed by atoms with Crippen molar-refractivity contribution < 1.29 is 22.7 Å². The van der Waals surface area contributed by atoms with Gasteiger partial charge in [0, 0.05) is 6.20 Å². The van der Waals surface area contributed by atoms with Crippen LogP contribution in [0.1, 0.15) is 74.9 Å². The summed E-state index contributed by atoms with van der Waals surface area (Å²) < 4.78 is 41.2. The minimum absolute atomic E-state index is 0.0424. The molecule has 1 aromatic carbocycles. The first kappa shape index (κ1) is 23.4. The van der Waals surface area contributed by atoms with Crippen LogP contribution >= 0.6 is 11.3 Å². The molecule has 29 heavy (non-hydrogen) atoms. The van der Waals surface area contributed by atoms with Gasteiger partial charge in [-0.05, 0) is 48.4 Å². The van der Waals surface area contributed by atoms with Crippen molar-refractivity contribution >= 4 is 27.3 Å². The zero-order valence-corrected chi connectivity index (χ0v) is 19.0. The molecule has 2 aromatic rings. The molecule has 0 atom stereocenters. The number of thiazole rings is 1. The van der Waals surface area contributed by atoms with E-state index < -0.39 is 27.3 Å². The van der Waals surface area contributed by atoms with Gasteiger partial charge in [-0.1, -0.05) is 33.8 Å². The normalized spacial score (nSPS) is 12.6. The van der Waals surface area contributed by atoms with Gasteiger partial charge in [-0.2, -0.15) is 8.42 Å². The van der Waals surface area contributed by atoms with E-state index in [1.807, 2.05) is 32.4 Å². The highest BCUT2D eigenvalue weighted by Gasteiger charge is 2.27. The summed E-state index contributed by atoms with van der Waals surface area (Å²) in [5.74, 6) is -1.30. The van der Waals surface area contributed by atoms with Crippen LogP contribution in [0.2, 0.25) is 0 Å². The maximum absolute atomic E-state index is 14.4. The highest BCUT2D eigenvalue weighted by atomic mass is 32.2. The topological polar surface area (TPSA) is 96.4 Å². The Balaban J connectivity index is 2.33. The molecule has 0 aliphatic rings. The Kier molecular flexibility index (Phi) is 6.86. The molecule has 160 valence electrons. The molecule has 1 amide bonds. The van der Waals surface area contributed by atoms with Crippen molar-refractivity contribution in [3.63, 3.8) is 0 Å². The van der Waals surface area contributed by atoms with Gasteiger partial charge in [0.2, 0.25) is 10.2 Å². The summed E-state index contributed by atoms with van der Waals surface area (Å²) in [4.78, 5) is 16.8. The van der Waals surface area contributed by atoms with Crippen LogP contribution < -0.4 is 4.72 Å². The van der Waals surface area contributed by atoms with Gasteiger partial charge in [-0.3, -0.25) is 4.79 Å². The quantitative estimate of drug-likeness (QED) is 0.680. The molecule has 2 rings (SSSR count). The Labute approximate surface area is 175 Å². The summed E-state index contributed by atoms with van der Waals surface area (Å²) in [6, 6.07) is 3.02. The molecule has 1 heterocycles. The first-order valence-electron chi connectivity index (χ1n) is 9.29. The van der Waals surface area contributed by atoms with Crippen molar-refractivity contribution in [3.05, 3.63) is 45.7 Å². The molecule has 0 aliphatic heterocycles. The molecule has 0 spiro atoms. The van der Waals surface area contributed by atoms with Crippen molar-refractivity contribution in [1.29, 1.82) is 0 Å². The van der Waals surface area contributed by atoms with Gasteiger partial charge >= 0.3 is 0 Å². The first-order chi connectivity index (χ1) is 13.2. The van der Waals surface area contributed by atoms with Crippen LogP contribution in [0, 0.1) is 5.82 Å². The number of nitrogens with one attached hydrogen (secondary N) is 1. The Bertz CT molecular complexity index is 1010. The number of amides is 1. The van der Waals surface area contributed by atoms with Gasteiger partial charge in [0.05, 0.1) is 16.9 Å². The van der Waals surface area contributed by atoms with E-state index in [1.165, 1.54) is 26.1 Å². The SMILES string of the molecule is CC(C)c1ccc(F)c(C(C)C)c1CC(=O)NS(=O)(=O)c1ncc(C(C)(C)O)s1. The third kappa shape index (κ3) is 5.40. The van der Waals surface area contributed by atoms with Gasteiger partial charge in [0.15, 0.2) is 0 Å². The van der Waals surface area contributed by atoms with Gasteiger partial charge < -0.3 is 5.11 Å². The zero-order chi connectivity index (χ0) is 22.1. The lowest BCUT2D eigenvalue weighted by molar-refractivity contribution is -0.118. The average Bonchev–Trinajstić information content (AvgIpc) is 3.04. The van der Waals surface area contributed by atoms with E-state index in [0.717, 1.165) is 16.9 Å². The maximum atomic E-state index is 14.4. The van der Waals surface area contributed by atoms with Crippen molar-refractivity contribution in [1.82, 2.24) is 9.71 Å². The van der Waals surface area contributed by atoms with Crippen molar-refractivity contribution in [2.24, 2.45) is 0 Å². The molecule has 0 bridgehead atoms. The average molecular weight is 443 g/mol. The fraction of sp³-hybridized carbons (Fsp3) is 0.500. The lowest BCUT2D eigenvalue weighted by atomic mass is 9.86. The molecule has 0 unspecified atom stereocenters. The number of sulfonamides is 1. The number of benzene rings is 1. The summed E-state index contributed by atoms with van der Waals surface area (Å²) in [5.41, 5.74) is 0.498. The highest BCUT2D eigenvalue weighted by Crippen LogP contribution is 2.31. The molecular weight excluding hydrogens is 415 g/mol. The van der Waals surface area contributed by atoms with E-state index in [9.17, 15) is 22.7 Å². The number of hydrogen-bond acceptors (Lipinski definition) is 6. The summed E-state index contributed by atoms with van der Waals surface area (Å²) >= 11 is 0.790. The third-order valence-electron chi connectivity index (χ3n) is 4.44. The van der Waals surface area contributed by atoms with Gasteiger partial charge in [-0.15, -0.1) is 11.3 Å². The largest absolute Gasteiger partial charge is 0.385 e. The van der Waals surface area contributed by atoms with Crippen LogP contribution in [-0.2, 0) is 26.8 Å². The predicted octanol–water partition coefficient (Wildman–Crippen LogP) is 3.80. The molecule has 2 N–H and O–H groups in total. The molecule has 0 aliphatic carbocycles. The number of aromatic nitrogens is 1. The van der Waals surface area contributed by atoms with Crippen LogP contribution in [0.4, 0.5) is 4.39 Å². The number of nitrogens with zero attached hydrogens (tertiary/aromatic N) is 1. The molecule has 9 heteroatoms. The second-order valence-corrected chi connectivity index (χ2v) is 11.0.